The van der Waals surface area contributed by atoms with Crippen LogP contribution in [0.3, 0.4) is 0 Å². The van der Waals surface area contributed by atoms with Gasteiger partial charge in [0.1, 0.15) is 12.2 Å². The Balaban J connectivity index is 2.08. The van der Waals surface area contributed by atoms with Gasteiger partial charge in [-0.05, 0) is 19.8 Å². The lowest BCUT2D eigenvalue weighted by Gasteiger charge is -2.30. The van der Waals surface area contributed by atoms with E-state index in [1.165, 1.54) is 18.1 Å². The van der Waals surface area contributed by atoms with E-state index < -0.39 is 6.10 Å². The zero-order valence-corrected chi connectivity index (χ0v) is 12.5. The van der Waals surface area contributed by atoms with Crippen LogP contribution in [0.15, 0.2) is 35.5 Å². The Hall–Kier alpha value is -1.84. The molecule has 112 valence electrons. The minimum absolute atomic E-state index is 0.00449. The largest absolute Gasteiger partial charge is 0.461 e. The summed E-state index contributed by atoms with van der Waals surface area (Å²) in [6.45, 7) is 11.5. The molecule has 0 radical (unpaired) electrons. The fourth-order valence-electron chi connectivity index (χ4n) is 3.96. The van der Waals surface area contributed by atoms with Crippen molar-refractivity contribution in [2.75, 3.05) is 0 Å². The second-order valence-electron chi connectivity index (χ2n) is 6.21. The summed E-state index contributed by atoms with van der Waals surface area (Å²) < 4.78 is 11.1. The third-order valence-corrected chi connectivity index (χ3v) is 4.89. The maximum absolute atomic E-state index is 11.9. The Morgan fingerprint density at radius 2 is 2.05 bits per heavy atom. The van der Waals surface area contributed by atoms with Crippen molar-refractivity contribution in [3.63, 3.8) is 0 Å². The number of carbonyl (C=O) groups is 2. The van der Waals surface area contributed by atoms with Gasteiger partial charge in [0.05, 0.1) is 5.92 Å². The standard InChI is InChI=1S/C17H20O4/c1-8-5-6-12-9(2)7-13-15(10(3)17(19)21-13)16(14(8)12)20-11(4)18/h13-16H,1,3,5-7H2,2,4H3. The van der Waals surface area contributed by atoms with E-state index in [9.17, 15) is 9.59 Å². The molecule has 0 aromatic carbocycles. The molecule has 4 heteroatoms. The molecular formula is C17H20O4. The van der Waals surface area contributed by atoms with Crippen molar-refractivity contribution in [2.24, 2.45) is 11.8 Å². The van der Waals surface area contributed by atoms with Gasteiger partial charge in [0.2, 0.25) is 0 Å². The molecule has 1 heterocycles. The normalized spacial score (nSPS) is 35.2. The fourth-order valence-corrected chi connectivity index (χ4v) is 3.96. The highest BCUT2D eigenvalue weighted by atomic mass is 16.6. The molecule has 1 saturated carbocycles. The lowest BCUT2D eigenvalue weighted by atomic mass is 9.82. The van der Waals surface area contributed by atoms with E-state index in [0.717, 1.165) is 18.4 Å². The number of esters is 2. The zero-order valence-electron chi connectivity index (χ0n) is 12.5. The van der Waals surface area contributed by atoms with E-state index in [2.05, 4.69) is 20.1 Å². The van der Waals surface area contributed by atoms with Crippen LogP contribution in [-0.4, -0.2) is 24.1 Å². The first kappa shape index (κ1) is 14.1. The fraction of sp³-hybridized carbons (Fsp3) is 0.529. The minimum Gasteiger partial charge on any atom is -0.461 e. The van der Waals surface area contributed by atoms with Gasteiger partial charge >= 0.3 is 11.9 Å². The predicted octanol–water partition coefficient (Wildman–Crippen LogP) is 2.70. The molecule has 4 unspecified atom stereocenters. The van der Waals surface area contributed by atoms with Gasteiger partial charge in [-0.15, -0.1) is 0 Å². The van der Waals surface area contributed by atoms with Crippen LogP contribution in [0.5, 0.6) is 0 Å². The van der Waals surface area contributed by atoms with Crippen LogP contribution in [0.2, 0.25) is 0 Å². The minimum atomic E-state index is -0.422. The molecular weight excluding hydrogens is 268 g/mol. The molecule has 21 heavy (non-hydrogen) atoms. The van der Waals surface area contributed by atoms with E-state index in [0.29, 0.717) is 12.0 Å². The number of fused-ring (bicyclic) bond motifs is 2. The molecule has 4 atom stereocenters. The van der Waals surface area contributed by atoms with Crippen LogP contribution >= 0.6 is 0 Å². The van der Waals surface area contributed by atoms with Gasteiger partial charge in [0, 0.05) is 24.8 Å². The highest BCUT2D eigenvalue weighted by Crippen LogP contribution is 2.50. The number of hydrogen-bond donors (Lipinski definition) is 0. The SMILES string of the molecule is C=C1CCC2=C(C)CC3OC(=O)C(=C)C3C(OC(C)=O)C12. The maximum atomic E-state index is 11.9. The lowest BCUT2D eigenvalue weighted by molar-refractivity contribution is -0.151. The third-order valence-electron chi connectivity index (χ3n) is 4.89. The molecule has 4 nitrogen and oxygen atoms in total. The summed E-state index contributed by atoms with van der Waals surface area (Å²) in [6, 6.07) is 0. The topological polar surface area (TPSA) is 52.6 Å². The van der Waals surface area contributed by atoms with E-state index in [4.69, 9.17) is 9.47 Å². The van der Waals surface area contributed by atoms with Crippen LogP contribution in [0.25, 0.3) is 0 Å². The molecule has 0 N–H and O–H groups in total. The lowest BCUT2D eigenvalue weighted by Crippen LogP contribution is -2.37. The third kappa shape index (κ3) is 2.13. The van der Waals surface area contributed by atoms with Crippen molar-refractivity contribution in [3.8, 4) is 0 Å². The number of hydrogen-bond acceptors (Lipinski definition) is 4. The Bertz CT molecular complexity index is 584. The van der Waals surface area contributed by atoms with Crippen molar-refractivity contribution in [2.45, 2.75) is 45.3 Å². The second-order valence-corrected chi connectivity index (χ2v) is 6.21. The van der Waals surface area contributed by atoms with E-state index in [1.54, 1.807) is 0 Å². The van der Waals surface area contributed by atoms with Crippen LogP contribution in [0.4, 0.5) is 0 Å². The molecule has 2 fully saturated rings. The van der Waals surface area contributed by atoms with Gasteiger partial charge in [-0.3, -0.25) is 4.79 Å². The van der Waals surface area contributed by atoms with Gasteiger partial charge in [0.25, 0.3) is 0 Å². The maximum Gasteiger partial charge on any atom is 0.334 e. The highest BCUT2D eigenvalue weighted by molar-refractivity contribution is 5.91. The highest BCUT2D eigenvalue weighted by Gasteiger charge is 2.52. The van der Waals surface area contributed by atoms with E-state index >= 15 is 0 Å². The van der Waals surface area contributed by atoms with Crippen molar-refractivity contribution in [1.82, 2.24) is 0 Å². The molecule has 1 aliphatic heterocycles. The Morgan fingerprint density at radius 1 is 1.33 bits per heavy atom. The van der Waals surface area contributed by atoms with E-state index in [-0.39, 0.29) is 29.9 Å². The first-order valence-corrected chi connectivity index (χ1v) is 7.33. The average Bonchev–Trinajstić information content (AvgIpc) is 2.86. The van der Waals surface area contributed by atoms with Crippen LogP contribution in [0.1, 0.15) is 33.1 Å². The van der Waals surface area contributed by atoms with Gasteiger partial charge in [-0.25, -0.2) is 4.79 Å². The molecule has 0 aromatic rings. The van der Waals surface area contributed by atoms with Crippen molar-refractivity contribution < 1.29 is 19.1 Å². The molecule has 2 aliphatic carbocycles. The Kier molecular flexibility index (Phi) is 3.27. The Morgan fingerprint density at radius 3 is 2.71 bits per heavy atom. The van der Waals surface area contributed by atoms with Crippen LogP contribution in [0, 0.1) is 11.8 Å². The summed E-state index contributed by atoms with van der Waals surface area (Å²) in [7, 11) is 0. The van der Waals surface area contributed by atoms with Crippen molar-refractivity contribution in [3.05, 3.63) is 35.5 Å². The quantitative estimate of drug-likeness (QED) is 0.423. The summed E-state index contributed by atoms with van der Waals surface area (Å²) >= 11 is 0. The zero-order chi connectivity index (χ0) is 15.3. The van der Waals surface area contributed by atoms with Crippen LogP contribution in [-0.2, 0) is 19.1 Å². The summed E-state index contributed by atoms with van der Waals surface area (Å²) in [4.78, 5) is 23.4. The number of ether oxygens (including phenoxy) is 2. The summed E-state index contributed by atoms with van der Waals surface area (Å²) in [5.74, 6) is -0.990. The molecule has 3 rings (SSSR count). The molecule has 0 aromatic heterocycles. The number of rotatable bonds is 1. The molecule has 0 amide bonds. The second kappa shape index (κ2) is 4.86. The van der Waals surface area contributed by atoms with Crippen molar-refractivity contribution in [1.29, 1.82) is 0 Å². The monoisotopic (exact) mass is 288 g/mol. The average molecular weight is 288 g/mol. The molecule has 0 bridgehead atoms. The first-order valence-electron chi connectivity index (χ1n) is 7.33. The van der Waals surface area contributed by atoms with Gasteiger partial charge < -0.3 is 9.47 Å². The molecule has 3 aliphatic rings. The molecule has 0 spiro atoms. The van der Waals surface area contributed by atoms with Gasteiger partial charge in [0.15, 0.2) is 0 Å². The number of carbonyl (C=O) groups excluding carboxylic acids is 2. The summed E-state index contributed by atoms with van der Waals surface area (Å²) in [5, 5.41) is 0. The summed E-state index contributed by atoms with van der Waals surface area (Å²) in [6.07, 6.45) is 1.85. The predicted molar refractivity (Wildman–Crippen MR) is 77.2 cm³/mol. The van der Waals surface area contributed by atoms with E-state index in [1.807, 2.05) is 0 Å². The first-order chi connectivity index (χ1) is 9.90. The summed E-state index contributed by atoms with van der Waals surface area (Å²) in [5.41, 5.74) is 4.01. The Labute approximate surface area is 124 Å². The van der Waals surface area contributed by atoms with Crippen molar-refractivity contribution >= 4 is 11.9 Å². The molecule has 1 saturated heterocycles. The van der Waals surface area contributed by atoms with Crippen LogP contribution < -0.4 is 0 Å². The van der Waals surface area contributed by atoms with Gasteiger partial charge in [-0.1, -0.05) is 29.9 Å². The smallest absolute Gasteiger partial charge is 0.334 e. The van der Waals surface area contributed by atoms with Gasteiger partial charge in [-0.2, -0.15) is 0 Å².